The monoisotopic (exact) mass is 331 g/mol. The molecule has 88 valence electrons. The van der Waals surface area contributed by atoms with Gasteiger partial charge in [-0.05, 0) is 52.3 Å². The van der Waals surface area contributed by atoms with Gasteiger partial charge in [0.15, 0.2) is 0 Å². The van der Waals surface area contributed by atoms with Crippen molar-refractivity contribution in [2.75, 3.05) is 5.73 Å². The van der Waals surface area contributed by atoms with Crippen LogP contribution in [0.1, 0.15) is 0 Å². The number of ether oxygens (including phenoxy) is 1. The summed E-state index contributed by atoms with van der Waals surface area (Å²) in [4.78, 5) is 0. The third kappa shape index (κ3) is 3.28. The Morgan fingerprint density at radius 1 is 1.00 bits per heavy atom. The molecule has 0 heterocycles. The summed E-state index contributed by atoms with van der Waals surface area (Å²) in [5.74, 6) is 1.23. The molecule has 17 heavy (non-hydrogen) atoms. The molecule has 0 radical (unpaired) electrons. The highest BCUT2D eigenvalue weighted by atomic mass is 79.9. The summed E-state index contributed by atoms with van der Waals surface area (Å²) in [7, 11) is 0. The van der Waals surface area contributed by atoms with E-state index in [1.54, 1.807) is 36.4 Å². The molecule has 0 spiro atoms. The molecule has 0 saturated carbocycles. The van der Waals surface area contributed by atoms with Crippen LogP contribution < -0.4 is 10.5 Å². The van der Waals surface area contributed by atoms with Crippen molar-refractivity contribution in [2.24, 2.45) is 0 Å². The van der Waals surface area contributed by atoms with Crippen LogP contribution in [0.25, 0.3) is 0 Å². The minimum atomic E-state index is 0.527. The van der Waals surface area contributed by atoms with Crippen molar-refractivity contribution in [2.45, 2.75) is 0 Å². The number of rotatable bonds is 2. The molecule has 0 fully saturated rings. The Balaban J connectivity index is 2.31. The lowest BCUT2D eigenvalue weighted by Crippen LogP contribution is -1.88. The summed E-state index contributed by atoms with van der Waals surface area (Å²) < 4.78 is 6.43. The normalized spacial score (nSPS) is 10.3. The highest BCUT2D eigenvalue weighted by Crippen LogP contribution is 2.33. The van der Waals surface area contributed by atoms with Crippen molar-refractivity contribution < 1.29 is 4.74 Å². The Morgan fingerprint density at radius 3 is 2.24 bits per heavy atom. The first-order valence-corrected chi connectivity index (χ1v) is 6.28. The molecule has 0 atom stereocenters. The molecule has 2 aromatic rings. The van der Waals surface area contributed by atoms with Crippen molar-refractivity contribution >= 4 is 44.8 Å². The van der Waals surface area contributed by atoms with E-state index < -0.39 is 0 Å². The highest BCUT2D eigenvalue weighted by molar-refractivity contribution is 9.10. The van der Waals surface area contributed by atoms with Gasteiger partial charge in [0.25, 0.3) is 0 Å². The molecular weight excluding hydrogens is 325 g/mol. The molecule has 2 aromatic carbocycles. The number of halogens is 3. The van der Waals surface area contributed by atoms with E-state index in [9.17, 15) is 0 Å². The topological polar surface area (TPSA) is 35.2 Å². The molecule has 2 rings (SSSR count). The predicted molar refractivity (Wildman–Crippen MR) is 75.1 cm³/mol. The van der Waals surface area contributed by atoms with E-state index in [0.29, 0.717) is 27.2 Å². The van der Waals surface area contributed by atoms with Gasteiger partial charge in [0, 0.05) is 15.7 Å². The quantitative estimate of drug-likeness (QED) is 0.773. The van der Waals surface area contributed by atoms with Gasteiger partial charge in [-0.15, -0.1) is 0 Å². The first-order valence-electron chi connectivity index (χ1n) is 4.73. The van der Waals surface area contributed by atoms with Gasteiger partial charge in [0.05, 0.1) is 4.47 Å². The van der Waals surface area contributed by atoms with Crippen LogP contribution in [-0.4, -0.2) is 0 Å². The zero-order valence-electron chi connectivity index (χ0n) is 8.58. The smallest absolute Gasteiger partial charge is 0.141 e. The molecule has 5 heteroatoms. The van der Waals surface area contributed by atoms with E-state index in [4.69, 9.17) is 33.7 Å². The molecular formula is C12H8BrCl2NO. The lowest BCUT2D eigenvalue weighted by molar-refractivity contribution is 0.480. The van der Waals surface area contributed by atoms with E-state index in [1.165, 1.54) is 0 Å². The fourth-order valence-corrected chi connectivity index (χ4v) is 2.30. The summed E-state index contributed by atoms with van der Waals surface area (Å²) in [5.41, 5.74) is 6.30. The van der Waals surface area contributed by atoms with Gasteiger partial charge in [0.2, 0.25) is 0 Å². The fraction of sp³-hybridized carbons (Fsp3) is 0. The van der Waals surface area contributed by atoms with Crippen molar-refractivity contribution in [1.29, 1.82) is 0 Å². The van der Waals surface area contributed by atoms with E-state index in [-0.39, 0.29) is 0 Å². The summed E-state index contributed by atoms with van der Waals surface area (Å²) in [6.07, 6.45) is 0. The first-order chi connectivity index (χ1) is 8.04. The zero-order chi connectivity index (χ0) is 12.4. The third-order valence-electron chi connectivity index (χ3n) is 2.02. The number of nitrogens with two attached hydrogens (primary N) is 1. The standard InChI is InChI=1S/C12H8BrCl2NO/c13-11-6-9(16)1-2-12(11)17-10-4-7(14)3-8(15)5-10/h1-6H,16H2. The van der Waals surface area contributed by atoms with Crippen LogP contribution in [0, 0.1) is 0 Å². The summed E-state index contributed by atoms with van der Waals surface area (Å²) in [5, 5.41) is 1.05. The Kier molecular flexibility index (Phi) is 3.82. The SMILES string of the molecule is Nc1ccc(Oc2cc(Cl)cc(Cl)c2)c(Br)c1. The molecule has 2 nitrogen and oxygen atoms in total. The van der Waals surface area contributed by atoms with E-state index in [2.05, 4.69) is 15.9 Å². The number of nitrogen functional groups attached to an aromatic ring is 1. The minimum Gasteiger partial charge on any atom is -0.456 e. The van der Waals surface area contributed by atoms with Gasteiger partial charge in [-0.25, -0.2) is 0 Å². The largest absolute Gasteiger partial charge is 0.456 e. The molecule has 0 unspecified atom stereocenters. The lowest BCUT2D eigenvalue weighted by Gasteiger charge is -2.09. The summed E-state index contributed by atoms with van der Waals surface area (Å²) >= 11 is 15.1. The van der Waals surface area contributed by atoms with Gasteiger partial charge in [-0.2, -0.15) is 0 Å². The Hall–Kier alpha value is -0.900. The number of benzene rings is 2. The predicted octanol–water partition coefficient (Wildman–Crippen LogP) is 5.13. The van der Waals surface area contributed by atoms with Crippen molar-refractivity contribution in [3.05, 3.63) is 50.9 Å². The average Bonchev–Trinajstić information content (AvgIpc) is 2.21. The Bertz CT molecular complexity index is 540. The van der Waals surface area contributed by atoms with Crippen molar-refractivity contribution in [1.82, 2.24) is 0 Å². The van der Waals surface area contributed by atoms with Crippen LogP contribution in [0.4, 0.5) is 5.69 Å². The molecule has 0 aliphatic carbocycles. The highest BCUT2D eigenvalue weighted by Gasteiger charge is 2.05. The molecule has 0 aliphatic heterocycles. The second-order valence-electron chi connectivity index (χ2n) is 3.40. The van der Waals surface area contributed by atoms with Gasteiger partial charge in [0.1, 0.15) is 11.5 Å². The van der Waals surface area contributed by atoms with Crippen LogP contribution in [0.3, 0.4) is 0 Å². The maximum atomic E-state index is 5.89. The van der Waals surface area contributed by atoms with Crippen LogP contribution in [0.15, 0.2) is 40.9 Å². The maximum Gasteiger partial charge on any atom is 0.141 e. The van der Waals surface area contributed by atoms with Crippen LogP contribution in [0.5, 0.6) is 11.5 Å². The summed E-state index contributed by atoms with van der Waals surface area (Å²) in [6, 6.07) is 10.3. The third-order valence-corrected chi connectivity index (χ3v) is 3.08. The van der Waals surface area contributed by atoms with E-state index >= 15 is 0 Å². The van der Waals surface area contributed by atoms with Crippen LogP contribution in [-0.2, 0) is 0 Å². The molecule has 0 aliphatic rings. The second-order valence-corrected chi connectivity index (χ2v) is 5.12. The van der Waals surface area contributed by atoms with Gasteiger partial charge >= 0.3 is 0 Å². The van der Waals surface area contributed by atoms with E-state index in [1.807, 2.05) is 0 Å². The van der Waals surface area contributed by atoms with Crippen LogP contribution in [0.2, 0.25) is 10.0 Å². The number of hydrogen-bond donors (Lipinski definition) is 1. The van der Waals surface area contributed by atoms with Crippen molar-refractivity contribution in [3.8, 4) is 11.5 Å². The van der Waals surface area contributed by atoms with Gasteiger partial charge in [-0.3, -0.25) is 0 Å². The molecule has 0 bridgehead atoms. The number of hydrogen-bond acceptors (Lipinski definition) is 2. The van der Waals surface area contributed by atoms with Gasteiger partial charge < -0.3 is 10.5 Å². The van der Waals surface area contributed by atoms with Crippen LogP contribution >= 0.6 is 39.1 Å². The minimum absolute atomic E-state index is 0.527. The van der Waals surface area contributed by atoms with E-state index in [0.717, 1.165) is 4.47 Å². The Labute approximate surface area is 117 Å². The lowest BCUT2D eigenvalue weighted by atomic mass is 10.3. The molecule has 0 aromatic heterocycles. The summed E-state index contributed by atoms with van der Waals surface area (Å²) in [6.45, 7) is 0. The molecule has 0 amide bonds. The second kappa shape index (κ2) is 5.17. The number of anilines is 1. The molecule has 0 saturated heterocycles. The van der Waals surface area contributed by atoms with Crippen molar-refractivity contribution in [3.63, 3.8) is 0 Å². The maximum absolute atomic E-state index is 5.89. The zero-order valence-corrected chi connectivity index (χ0v) is 11.7. The average molecular weight is 333 g/mol. The molecule has 2 N–H and O–H groups in total. The Morgan fingerprint density at radius 2 is 1.65 bits per heavy atom. The first kappa shape index (κ1) is 12.6. The fourth-order valence-electron chi connectivity index (χ4n) is 1.31. The van der Waals surface area contributed by atoms with Gasteiger partial charge in [-0.1, -0.05) is 23.2 Å².